The van der Waals surface area contributed by atoms with Crippen LogP contribution in [0.2, 0.25) is 6.04 Å². The summed E-state index contributed by atoms with van der Waals surface area (Å²) in [5.41, 5.74) is 0. The van der Waals surface area contributed by atoms with Gasteiger partial charge in [0.15, 0.2) is 0 Å². The Morgan fingerprint density at radius 3 is 2.00 bits per heavy atom. The molecule has 16 heavy (non-hydrogen) atoms. The molecule has 0 rings (SSSR count). The first-order valence-electron chi connectivity index (χ1n) is 5.60. The average Bonchev–Trinajstić information content (AvgIpc) is 2.34. The van der Waals surface area contributed by atoms with Crippen LogP contribution in [-0.2, 0) is 13.3 Å². The Hall–Kier alpha value is 0.0169. The molecule has 0 aromatic heterocycles. The van der Waals surface area contributed by atoms with E-state index in [1.165, 1.54) is 0 Å². The minimum atomic E-state index is -2.36. The maximum Gasteiger partial charge on any atom is 0.500 e. The molecule has 0 aromatic carbocycles. The Morgan fingerprint density at radius 1 is 0.938 bits per heavy atom. The molecule has 0 aliphatic heterocycles. The van der Waals surface area contributed by atoms with E-state index in [2.05, 4.69) is 17.6 Å². The first kappa shape index (κ1) is 16.0. The van der Waals surface area contributed by atoms with E-state index in [-0.39, 0.29) is 0 Å². The van der Waals surface area contributed by atoms with Gasteiger partial charge in [0.2, 0.25) is 0 Å². The lowest BCUT2D eigenvalue weighted by Crippen LogP contribution is -2.43. The molecule has 0 saturated heterocycles. The summed E-state index contributed by atoms with van der Waals surface area (Å²) in [7, 11) is 2.57. The summed E-state index contributed by atoms with van der Waals surface area (Å²) in [6.07, 6.45) is 0.992. The van der Waals surface area contributed by atoms with E-state index < -0.39 is 8.80 Å². The van der Waals surface area contributed by atoms with Crippen molar-refractivity contribution < 1.29 is 13.3 Å². The van der Waals surface area contributed by atoms with Crippen molar-refractivity contribution in [2.75, 3.05) is 47.5 Å². The number of hydrogen-bond donors (Lipinski definition) is 2. The molecule has 0 aliphatic carbocycles. The van der Waals surface area contributed by atoms with Crippen LogP contribution in [0.15, 0.2) is 0 Å². The van der Waals surface area contributed by atoms with Crippen molar-refractivity contribution in [3.05, 3.63) is 6.92 Å². The van der Waals surface area contributed by atoms with Crippen LogP contribution in [0.5, 0.6) is 0 Å². The molecule has 5 nitrogen and oxygen atoms in total. The van der Waals surface area contributed by atoms with Crippen molar-refractivity contribution in [3.8, 4) is 0 Å². The zero-order chi connectivity index (χ0) is 12.3. The van der Waals surface area contributed by atoms with Crippen molar-refractivity contribution >= 4 is 8.80 Å². The van der Waals surface area contributed by atoms with Crippen molar-refractivity contribution in [1.82, 2.24) is 10.6 Å². The van der Waals surface area contributed by atoms with Crippen LogP contribution in [-0.4, -0.2) is 56.3 Å². The van der Waals surface area contributed by atoms with Crippen LogP contribution in [0.1, 0.15) is 6.42 Å². The largest absolute Gasteiger partial charge is 0.500 e. The summed E-state index contributed by atoms with van der Waals surface area (Å²) in [6, 6.07) is 0.840. The van der Waals surface area contributed by atoms with Gasteiger partial charge in [0.1, 0.15) is 0 Å². The highest BCUT2D eigenvalue weighted by Gasteiger charge is 2.36. The van der Waals surface area contributed by atoms with E-state index in [1.54, 1.807) is 21.3 Å². The summed E-state index contributed by atoms with van der Waals surface area (Å²) in [5, 5.41) is 6.48. The quantitative estimate of drug-likeness (QED) is 0.407. The second-order valence-corrected chi connectivity index (χ2v) is 6.49. The molecule has 2 N–H and O–H groups in total. The minimum Gasteiger partial charge on any atom is -0.377 e. The smallest absolute Gasteiger partial charge is 0.377 e. The van der Waals surface area contributed by atoms with E-state index in [9.17, 15) is 0 Å². The van der Waals surface area contributed by atoms with Gasteiger partial charge in [-0.3, -0.25) is 0 Å². The molecular weight excluding hydrogens is 224 g/mol. The maximum atomic E-state index is 5.33. The Kier molecular flexibility index (Phi) is 10.2. The monoisotopic (exact) mass is 249 g/mol. The van der Waals surface area contributed by atoms with Crippen molar-refractivity contribution in [3.63, 3.8) is 0 Å². The first-order chi connectivity index (χ1) is 7.74. The maximum absolute atomic E-state index is 5.33. The molecule has 0 aromatic rings. The molecule has 0 heterocycles. The molecule has 0 atom stereocenters. The fourth-order valence-corrected chi connectivity index (χ4v) is 3.14. The highest BCUT2D eigenvalue weighted by Crippen LogP contribution is 2.14. The third kappa shape index (κ3) is 6.57. The Labute approximate surface area is 100 Å². The molecule has 0 spiro atoms. The van der Waals surface area contributed by atoms with E-state index in [0.717, 1.165) is 38.6 Å². The van der Waals surface area contributed by atoms with Crippen molar-refractivity contribution in [2.24, 2.45) is 0 Å². The molecule has 0 saturated carbocycles. The second kappa shape index (κ2) is 10.2. The minimum absolute atomic E-state index is 0.773. The molecular formula is C10H25N2O3Si. The van der Waals surface area contributed by atoms with Crippen LogP contribution in [0, 0.1) is 6.92 Å². The molecule has 1 radical (unpaired) electrons. The molecule has 0 amide bonds. The number of rotatable bonds is 11. The summed E-state index contributed by atoms with van der Waals surface area (Å²) < 4.78 is 16.0. The molecule has 0 bridgehead atoms. The van der Waals surface area contributed by atoms with Gasteiger partial charge in [0, 0.05) is 40.5 Å². The molecule has 0 aliphatic rings. The van der Waals surface area contributed by atoms with Crippen LogP contribution < -0.4 is 10.6 Å². The predicted molar refractivity (Wildman–Crippen MR) is 67.3 cm³/mol. The van der Waals surface area contributed by atoms with Gasteiger partial charge in [0.25, 0.3) is 0 Å². The standard InChI is InChI=1S/C10H25N2O3Si/c1-5-11-8-9-12-7-6-10-16(13-2,14-3)15-4/h11-12H,1,5-10H2,2-4H3. The van der Waals surface area contributed by atoms with E-state index in [0.29, 0.717) is 0 Å². The Balaban J connectivity index is 3.48. The van der Waals surface area contributed by atoms with E-state index >= 15 is 0 Å². The highest BCUT2D eigenvalue weighted by atomic mass is 28.4. The van der Waals surface area contributed by atoms with Gasteiger partial charge in [-0.05, 0) is 26.4 Å². The second-order valence-electron chi connectivity index (χ2n) is 3.40. The topological polar surface area (TPSA) is 51.8 Å². The summed E-state index contributed by atoms with van der Waals surface area (Å²) in [6.45, 7) is 7.33. The zero-order valence-electron chi connectivity index (χ0n) is 10.7. The van der Waals surface area contributed by atoms with Crippen LogP contribution >= 0.6 is 0 Å². The first-order valence-corrected chi connectivity index (χ1v) is 7.54. The van der Waals surface area contributed by atoms with Gasteiger partial charge in [-0.1, -0.05) is 0 Å². The fourth-order valence-electron chi connectivity index (χ4n) is 1.41. The predicted octanol–water partition coefficient (Wildman–Crippen LogP) is 0.268. The third-order valence-electron chi connectivity index (χ3n) is 2.42. The number of hydrogen-bond acceptors (Lipinski definition) is 5. The van der Waals surface area contributed by atoms with Gasteiger partial charge in [-0.15, -0.1) is 0 Å². The van der Waals surface area contributed by atoms with Gasteiger partial charge in [-0.25, -0.2) is 0 Å². The number of nitrogens with one attached hydrogen (secondary N) is 2. The van der Waals surface area contributed by atoms with E-state index in [4.69, 9.17) is 13.3 Å². The Morgan fingerprint density at radius 2 is 1.50 bits per heavy atom. The lowest BCUT2D eigenvalue weighted by Gasteiger charge is -2.24. The van der Waals surface area contributed by atoms with Crippen molar-refractivity contribution in [1.29, 1.82) is 0 Å². The molecule has 0 fully saturated rings. The average molecular weight is 249 g/mol. The van der Waals surface area contributed by atoms with Crippen LogP contribution in [0.3, 0.4) is 0 Å². The van der Waals surface area contributed by atoms with Crippen LogP contribution in [0.25, 0.3) is 0 Å². The van der Waals surface area contributed by atoms with E-state index in [1.807, 2.05) is 0 Å². The third-order valence-corrected chi connectivity index (χ3v) is 5.26. The molecule has 97 valence electrons. The molecule has 6 heteroatoms. The molecule has 0 unspecified atom stereocenters. The van der Waals surface area contributed by atoms with Crippen LogP contribution in [0.4, 0.5) is 0 Å². The summed E-state index contributed by atoms with van der Waals surface area (Å²) in [4.78, 5) is 0. The highest BCUT2D eigenvalue weighted by molar-refractivity contribution is 6.60. The SMILES string of the molecule is [CH2]CNCCNCCC[Si](OC)(OC)OC. The lowest BCUT2D eigenvalue weighted by atomic mass is 10.4. The van der Waals surface area contributed by atoms with Gasteiger partial charge < -0.3 is 23.9 Å². The zero-order valence-corrected chi connectivity index (χ0v) is 11.7. The van der Waals surface area contributed by atoms with Gasteiger partial charge in [0.05, 0.1) is 0 Å². The normalized spacial score (nSPS) is 12.0. The Bertz CT molecular complexity index is 149. The summed E-state index contributed by atoms with van der Waals surface area (Å²) in [5.74, 6) is 0. The van der Waals surface area contributed by atoms with Gasteiger partial charge >= 0.3 is 8.80 Å². The van der Waals surface area contributed by atoms with Gasteiger partial charge in [-0.2, -0.15) is 0 Å². The fraction of sp³-hybridized carbons (Fsp3) is 0.900. The lowest BCUT2D eigenvalue weighted by molar-refractivity contribution is 0.123. The summed E-state index contributed by atoms with van der Waals surface area (Å²) >= 11 is 0. The van der Waals surface area contributed by atoms with Crippen molar-refractivity contribution in [2.45, 2.75) is 12.5 Å².